The third kappa shape index (κ3) is 3.02. The number of carboxylic acids is 1. The number of carboxylic acid groups (broad SMARTS) is 1. The molecule has 0 aromatic heterocycles. The smallest absolute Gasteiger partial charge is 0.329 e. The van der Waals surface area contributed by atoms with Gasteiger partial charge in [0.1, 0.15) is 5.54 Å². The van der Waals surface area contributed by atoms with Crippen LogP contribution in [0.2, 0.25) is 0 Å². The second kappa shape index (κ2) is 5.69. The van der Waals surface area contributed by atoms with Crippen LogP contribution in [0.5, 0.6) is 0 Å². The molecule has 1 saturated carbocycles. The highest BCUT2D eigenvalue weighted by molar-refractivity contribution is 5.87. The van der Waals surface area contributed by atoms with E-state index in [2.05, 4.69) is 5.32 Å². The first-order chi connectivity index (χ1) is 8.62. The molecule has 0 radical (unpaired) electrons. The molecule has 2 fully saturated rings. The molecule has 1 aliphatic heterocycles. The third-order valence-corrected chi connectivity index (χ3v) is 4.06. The van der Waals surface area contributed by atoms with E-state index in [-0.39, 0.29) is 5.91 Å². The molecule has 5 nitrogen and oxygen atoms in total. The zero-order valence-corrected chi connectivity index (χ0v) is 10.6. The van der Waals surface area contributed by atoms with Gasteiger partial charge in [-0.05, 0) is 31.6 Å². The van der Waals surface area contributed by atoms with Gasteiger partial charge in [0, 0.05) is 19.6 Å². The third-order valence-electron chi connectivity index (χ3n) is 4.06. The summed E-state index contributed by atoms with van der Waals surface area (Å²) in [4.78, 5) is 23.3. The monoisotopic (exact) mass is 255 g/mol. The molecule has 1 heterocycles. The minimum absolute atomic E-state index is 0.119. The second-order valence-corrected chi connectivity index (χ2v) is 5.40. The average molecular weight is 255 g/mol. The van der Waals surface area contributed by atoms with Crippen LogP contribution in [0, 0.1) is 5.92 Å². The van der Waals surface area contributed by atoms with Crippen LogP contribution in [0.25, 0.3) is 0 Å². The molecular formula is C13H21NO4. The molecule has 0 atom stereocenters. The van der Waals surface area contributed by atoms with Crippen LogP contribution in [0.1, 0.15) is 44.9 Å². The summed E-state index contributed by atoms with van der Waals surface area (Å²) in [5, 5.41) is 12.0. The molecule has 102 valence electrons. The number of aliphatic carboxylic acids is 1. The summed E-state index contributed by atoms with van der Waals surface area (Å²) in [7, 11) is 0. The van der Waals surface area contributed by atoms with Gasteiger partial charge in [0.05, 0.1) is 0 Å². The molecule has 0 aromatic rings. The Hall–Kier alpha value is -1.10. The molecule has 2 N–H and O–H groups in total. The van der Waals surface area contributed by atoms with Gasteiger partial charge >= 0.3 is 5.97 Å². The first-order valence-corrected chi connectivity index (χ1v) is 6.74. The molecule has 5 heteroatoms. The largest absolute Gasteiger partial charge is 0.480 e. The molecule has 0 spiro atoms. The van der Waals surface area contributed by atoms with Gasteiger partial charge in [-0.15, -0.1) is 0 Å². The predicted molar refractivity (Wildman–Crippen MR) is 65.1 cm³/mol. The Bertz CT molecular complexity index is 317. The van der Waals surface area contributed by atoms with E-state index < -0.39 is 11.5 Å². The Morgan fingerprint density at radius 1 is 1.22 bits per heavy atom. The summed E-state index contributed by atoms with van der Waals surface area (Å²) < 4.78 is 5.25. The quantitative estimate of drug-likeness (QED) is 0.794. The van der Waals surface area contributed by atoms with Gasteiger partial charge in [0.25, 0.3) is 0 Å². The van der Waals surface area contributed by atoms with E-state index in [4.69, 9.17) is 4.74 Å². The Kier molecular flexibility index (Phi) is 4.22. The Morgan fingerprint density at radius 2 is 1.83 bits per heavy atom. The van der Waals surface area contributed by atoms with E-state index in [1.54, 1.807) is 0 Å². The van der Waals surface area contributed by atoms with Gasteiger partial charge in [-0.25, -0.2) is 4.79 Å². The standard InChI is InChI=1S/C13H21NO4/c15-11(9-10-3-7-18-8-4-10)14-13(12(16)17)5-1-2-6-13/h10H,1-9H2,(H,14,15)(H,16,17). The van der Waals surface area contributed by atoms with Crippen molar-refractivity contribution in [3.05, 3.63) is 0 Å². The average Bonchev–Trinajstić information content (AvgIpc) is 2.80. The summed E-state index contributed by atoms with van der Waals surface area (Å²) >= 11 is 0. The summed E-state index contributed by atoms with van der Waals surface area (Å²) in [5.41, 5.74) is -0.998. The summed E-state index contributed by atoms with van der Waals surface area (Å²) in [5.74, 6) is -0.669. The topological polar surface area (TPSA) is 75.6 Å². The normalized spacial score (nSPS) is 23.8. The van der Waals surface area contributed by atoms with Crippen molar-refractivity contribution >= 4 is 11.9 Å². The van der Waals surface area contributed by atoms with Crippen LogP contribution in [0.15, 0.2) is 0 Å². The fraction of sp³-hybridized carbons (Fsp3) is 0.846. The number of hydrogen-bond donors (Lipinski definition) is 2. The van der Waals surface area contributed by atoms with Crippen molar-refractivity contribution in [3.63, 3.8) is 0 Å². The van der Waals surface area contributed by atoms with Crippen molar-refractivity contribution < 1.29 is 19.4 Å². The Labute approximate surface area is 107 Å². The first-order valence-electron chi connectivity index (χ1n) is 6.74. The van der Waals surface area contributed by atoms with Gasteiger partial charge in [-0.3, -0.25) is 4.79 Å². The second-order valence-electron chi connectivity index (χ2n) is 5.40. The summed E-state index contributed by atoms with van der Waals surface area (Å²) in [6, 6.07) is 0. The zero-order valence-electron chi connectivity index (χ0n) is 10.6. The summed E-state index contributed by atoms with van der Waals surface area (Å²) in [6.45, 7) is 1.42. The molecule has 0 bridgehead atoms. The van der Waals surface area contributed by atoms with Crippen LogP contribution in [-0.2, 0) is 14.3 Å². The van der Waals surface area contributed by atoms with Crippen LogP contribution in [0.4, 0.5) is 0 Å². The van der Waals surface area contributed by atoms with Crippen molar-refractivity contribution in [3.8, 4) is 0 Å². The zero-order chi connectivity index (χ0) is 13.0. The van der Waals surface area contributed by atoms with Crippen molar-refractivity contribution in [2.24, 2.45) is 5.92 Å². The van der Waals surface area contributed by atoms with E-state index in [1.807, 2.05) is 0 Å². The number of hydrogen-bond acceptors (Lipinski definition) is 3. The number of carbonyl (C=O) groups is 2. The van der Waals surface area contributed by atoms with Crippen LogP contribution < -0.4 is 5.32 Å². The van der Waals surface area contributed by atoms with Gasteiger partial charge in [0.15, 0.2) is 0 Å². The number of nitrogens with one attached hydrogen (secondary N) is 1. The van der Waals surface area contributed by atoms with Gasteiger partial charge in [0.2, 0.25) is 5.91 Å². The molecule has 1 amide bonds. The lowest BCUT2D eigenvalue weighted by atomic mass is 9.93. The molecule has 1 aliphatic carbocycles. The fourth-order valence-corrected chi connectivity index (χ4v) is 2.90. The maximum absolute atomic E-state index is 12.0. The Balaban J connectivity index is 1.87. The maximum Gasteiger partial charge on any atom is 0.329 e. The number of rotatable bonds is 4. The van der Waals surface area contributed by atoms with Crippen LogP contribution in [-0.4, -0.2) is 35.7 Å². The molecule has 1 saturated heterocycles. The highest BCUT2D eigenvalue weighted by Crippen LogP contribution is 2.30. The first kappa shape index (κ1) is 13.3. The number of amides is 1. The van der Waals surface area contributed by atoms with Crippen molar-refractivity contribution in [2.75, 3.05) is 13.2 Å². The molecule has 2 aliphatic rings. The molecule has 18 heavy (non-hydrogen) atoms. The lowest BCUT2D eigenvalue weighted by molar-refractivity contribution is -0.147. The lowest BCUT2D eigenvalue weighted by Crippen LogP contribution is -2.52. The molecule has 0 aromatic carbocycles. The molecule has 2 rings (SSSR count). The minimum Gasteiger partial charge on any atom is -0.480 e. The molecular weight excluding hydrogens is 234 g/mol. The van der Waals surface area contributed by atoms with Crippen molar-refractivity contribution in [1.82, 2.24) is 5.32 Å². The van der Waals surface area contributed by atoms with E-state index >= 15 is 0 Å². The number of ether oxygens (including phenoxy) is 1. The maximum atomic E-state index is 12.0. The van der Waals surface area contributed by atoms with E-state index in [1.165, 1.54) is 0 Å². The molecule has 0 unspecified atom stereocenters. The SMILES string of the molecule is O=C(CC1CCOCC1)NC1(C(=O)O)CCCC1. The van der Waals surface area contributed by atoms with Crippen molar-refractivity contribution in [1.29, 1.82) is 0 Å². The highest BCUT2D eigenvalue weighted by Gasteiger charge is 2.42. The van der Waals surface area contributed by atoms with Crippen molar-refractivity contribution in [2.45, 2.75) is 50.5 Å². The van der Waals surface area contributed by atoms with E-state index in [9.17, 15) is 14.7 Å². The van der Waals surface area contributed by atoms with E-state index in [0.717, 1.165) is 25.7 Å². The lowest BCUT2D eigenvalue weighted by Gasteiger charge is -2.27. The predicted octanol–water partition coefficient (Wildman–Crippen LogP) is 1.32. The van der Waals surface area contributed by atoms with Gasteiger partial charge < -0.3 is 15.2 Å². The minimum atomic E-state index is -0.998. The Morgan fingerprint density at radius 3 is 2.39 bits per heavy atom. The van der Waals surface area contributed by atoms with Gasteiger partial charge in [-0.2, -0.15) is 0 Å². The van der Waals surface area contributed by atoms with Crippen LogP contribution >= 0.6 is 0 Å². The fourth-order valence-electron chi connectivity index (χ4n) is 2.90. The van der Waals surface area contributed by atoms with Crippen LogP contribution in [0.3, 0.4) is 0 Å². The highest BCUT2D eigenvalue weighted by atomic mass is 16.5. The van der Waals surface area contributed by atoms with Gasteiger partial charge in [-0.1, -0.05) is 12.8 Å². The van der Waals surface area contributed by atoms with E-state index in [0.29, 0.717) is 38.4 Å². The number of carbonyl (C=O) groups excluding carboxylic acids is 1. The summed E-state index contributed by atoms with van der Waals surface area (Å²) in [6.07, 6.45) is 5.09.